The first-order chi connectivity index (χ1) is 6.75. The molecule has 2 heterocycles. The van der Waals surface area contributed by atoms with Gasteiger partial charge < -0.3 is 10.5 Å². The van der Waals surface area contributed by atoms with E-state index in [-0.39, 0.29) is 6.04 Å². The van der Waals surface area contributed by atoms with Crippen LogP contribution in [0.5, 0.6) is 0 Å². The Morgan fingerprint density at radius 2 is 2.43 bits per heavy atom. The van der Waals surface area contributed by atoms with Gasteiger partial charge in [0.25, 0.3) is 0 Å². The monoisotopic (exact) mass is 196 g/mol. The van der Waals surface area contributed by atoms with Crippen molar-refractivity contribution in [2.24, 2.45) is 11.7 Å². The van der Waals surface area contributed by atoms with Gasteiger partial charge in [0, 0.05) is 31.6 Å². The minimum Gasteiger partial charge on any atom is -0.379 e. The molecular formula is C11H20N2O. The van der Waals surface area contributed by atoms with Gasteiger partial charge in [-0.25, -0.2) is 0 Å². The predicted octanol–water partition coefficient (Wildman–Crippen LogP) is 0.612. The summed E-state index contributed by atoms with van der Waals surface area (Å²) in [7, 11) is 0. The summed E-state index contributed by atoms with van der Waals surface area (Å²) in [5.74, 6) is 0.542. The molecule has 2 atom stereocenters. The van der Waals surface area contributed by atoms with Crippen LogP contribution in [-0.4, -0.2) is 43.8 Å². The van der Waals surface area contributed by atoms with E-state index in [2.05, 4.69) is 17.9 Å². The molecule has 0 aromatic carbocycles. The molecule has 3 nitrogen and oxygen atoms in total. The number of hydrogen-bond donors (Lipinski definition) is 1. The Balaban J connectivity index is 1.82. The highest BCUT2D eigenvalue weighted by Crippen LogP contribution is 2.16. The number of hydrogen-bond acceptors (Lipinski definition) is 3. The summed E-state index contributed by atoms with van der Waals surface area (Å²) in [6.07, 6.45) is 3.52. The van der Waals surface area contributed by atoms with E-state index in [0.29, 0.717) is 5.92 Å². The summed E-state index contributed by atoms with van der Waals surface area (Å²) in [5, 5.41) is 0. The highest BCUT2D eigenvalue weighted by Gasteiger charge is 2.27. The third-order valence-corrected chi connectivity index (χ3v) is 3.15. The van der Waals surface area contributed by atoms with E-state index in [4.69, 9.17) is 10.5 Å². The third kappa shape index (κ3) is 2.35. The van der Waals surface area contributed by atoms with Gasteiger partial charge in [0.2, 0.25) is 0 Å². The molecule has 0 aliphatic carbocycles. The van der Waals surface area contributed by atoms with Crippen molar-refractivity contribution in [3.63, 3.8) is 0 Å². The van der Waals surface area contributed by atoms with Crippen LogP contribution >= 0.6 is 0 Å². The van der Waals surface area contributed by atoms with E-state index >= 15 is 0 Å². The van der Waals surface area contributed by atoms with Gasteiger partial charge in [-0.15, -0.1) is 0 Å². The third-order valence-electron chi connectivity index (χ3n) is 3.15. The Kier molecular flexibility index (Phi) is 3.21. The largest absolute Gasteiger partial charge is 0.379 e. The summed E-state index contributed by atoms with van der Waals surface area (Å²) in [5.41, 5.74) is 7.45. The Labute approximate surface area is 85.9 Å². The zero-order chi connectivity index (χ0) is 9.97. The van der Waals surface area contributed by atoms with Crippen molar-refractivity contribution in [2.45, 2.75) is 19.4 Å². The van der Waals surface area contributed by atoms with Gasteiger partial charge in [-0.3, -0.25) is 4.90 Å². The Hall–Kier alpha value is -0.380. The second-order valence-electron chi connectivity index (χ2n) is 4.54. The van der Waals surface area contributed by atoms with Crippen molar-refractivity contribution in [3.8, 4) is 0 Å². The second-order valence-corrected chi connectivity index (χ2v) is 4.54. The van der Waals surface area contributed by atoms with Crippen LogP contribution in [0.25, 0.3) is 0 Å². The first-order valence-corrected chi connectivity index (χ1v) is 5.47. The lowest BCUT2D eigenvalue weighted by molar-refractivity contribution is 0.169. The SMILES string of the molecule is CC1=CCCN(CC2COCC2N)C1. The van der Waals surface area contributed by atoms with Gasteiger partial charge in [-0.2, -0.15) is 0 Å². The Morgan fingerprint density at radius 3 is 3.07 bits per heavy atom. The molecule has 3 heteroatoms. The molecule has 1 saturated heterocycles. The highest BCUT2D eigenvalue weighted by atomic mass is 16.5. The summed E-state index contributed by atoms with van der Waals surface area (Å²) < 4.78 is 5.37. The number of nitrogens with two attached hydrogens (primary N) is 1. The fourth-order valence-electron chi connectivity index (χ4n) is 2.28. The molecule has 80 valence electrons. The molecule has 2 aliphatic rings. The molecule has 0 amide bonds. The van der Waals surface area contributed by atoms with Crippen LogP contribution in [0.1, 0.15) is 13.3 Å². The van der Waals surface area contributed by atoms with Crippen molar-refractivity contribution in [1.82, 2.24) is 4.90 Å². The second kappa shape index (κ2) is 4.43. The van der Waals surface area contributed by atoms with Gasteiger partial charge in [-0.1, -0.05) is 11.6 Å². The molecule has 0 bridgehead atoms. The fraction of sp³-hybridized carbons (Fsp3) is 0.818. The van der Waals surface area contributed by atoms with Crippen LogP contribution < -0.4 is 5.73 Å². The van der Waals surface area contributed by atoms with E-state index in [1.165, 1.54) is 18.5 Å². The first kappa shape index (κ1) is 10.1. The van der Waals surface area contributed by atoms with E-state index in [1.54, 1.807) is 0 Å². The van der Waals surface area contributed by atoms with Crippen molar-refractivity contribution in [2.75, 3.05) is 32.8 Å². The molecule has 0 spiro atoms. The van der Waals surface area contributed by atoms with Crippen molar-refractivity contribution in [1.29, 1.82) is 0 Å². The topological polar surface area (TPSA) is 38.5 Å². The maximum atomic E-state index is 5.96. The van der Waals surface area contributed by atoms with E-state index < -0.39 is 0 Å². The summed E-state index contributed by atoms with van der Waals surface area (Å²) >= 11 is 0. The molecule has 0 saturated carbocycles. The van der Waals surface area contributed by atoms with Gasteiger partial charge in [-0.05, 0) is 13.3 Å². The lowest BCUT2D eigenvalue weighted by Gasteiger charge is -2.29. The van der Waals surface area contributed by atoms with E-state index in [9.17, 15) is 0 Å². The summed E-state index contributed by atoms with van der Waals surface area (Å²) in [6.45, 7) is 7.20. The van der Waals surface area contributed by atoms with Crippen LogP contribution in [-0.2, 0) is 4.74 Å². The number of rotatable bonds is 2. The highest BCUT2D eigenvalue weighted by molar-refractivity contribution is 5.04. The molecule has 1 fully saturated rings. The first-order valence-electron chi connectivity index (χ1n) is 5.47. The lowest BCUT2D eigenvalue weighted by atomic mass is 10.0. The molecule has 14 heavy (non-hydrogen) atoms. The molecule has 2 unspecified atom stereocenters. The maximum Gasteiger partial charge on any atom is 0.0621 e. The van der Waals surface area contributed by atoms with Crippen LogP contribution in [0, 0.1) is 5.92 Å². The van der Waals surface area contributed by atoms with Crippen molar-refractivity contribution >= 4 is 0 Å². The van der Waals surface area contributed by atoms with Crippen LogP contribution in [0.4, 0.5) is 0 Å². The molecule has 2 aliphatic heterocycles. The zero-order valence-electron chi connectivity index (χ0n) is 8.91. The van der Waals surface area contributed by atoms with Crippen LogP contribution in [0.3, 0.4) is 0 Å². The standard InChI is InChI=1S/C11H20N2O/c1-9-3-2-4-13(5-9)6-10-7-14-8-11(10)12/h3,10-11H,2,4-8,12H2,1H3. The van der Waals surface area contributed by atoms with Crippen molar-refractivity contribution < 1.29 is 4.74 Å². The average Bonchev–Trinajstić information content (AvgIpc) is 2.52. The van der Waals surface area contributed by atoms with Gasteiger partial charge in [0.05, 0.1) is 13.2 Å². The lowest BCUT2D eigenvalue weighted by Crippen LogP contribution is -2.40. The summed E-state index contributed by atoms with van der Waals surface area (Å²) in [6, 6.07) is 0.251. The quantitative estimate of drug-likeness (QED) is 0.658. The minimum atomic E-state index is 0.251. The maximum absolute atomic E-state index is 5.96. The molecule has 0 radical (unpaired) electrons. The average molecular weight is 196 g/mol. The molecule has 2 rings (SSSR count). The fourth-order valence-corrected chi connectivity index (χ4v) is 2.28. The number of nitrogens with zero attached hydrogens (tertiary/aromatic N) is 1. The predicted molar refractivity (Wildman–Crippen MR) is 57.1 cm³/mol. The van der Waals surface area contributed by atoms with Crippen LogP contribution in [0.2, 0.25) is 0 Å². The molecular weight excluding hydrogens is 176 g/mol. The number of ether oxygens (including phenoxy) is 1. The molecule has 0 aromatic rings. The Bertz CT molecular complexity index is 227. The molecule has 0 aromatic heterocycles. The van der Waals surface area contributed by atoms with Crippen LogP contribution in [0.15, 0.2) is 11.6 Å². The Morgan fingerprint density at radius 1 is 1.57 bits per heavy atom. The van der Waals surface area contributed by atoms with E-state index in [0.717, 1.165) is 26.3 Å². The van der Waals surface area contributed by atoms with Gasteiger partial charge >= 0.3 is 0 Å². The zero-order valence-corrected chi connectivity index (χ0v) is 8.91. The minimum absolute atomic E-state index is 0.251. The normalized spacial score (nSPS) is 34.6. The smallest absolute Gasteiger partial charge is 0.0621 e. The van der Waals surface area contributed by atoms with E-state index in [1.807, 2.05) is 0 Å². The van der Waals surface area contributed by atoms with Crippen molar-refractivity contribution in [3.05, 3.63) is 11.6 Å². The summed E-state index contributed by atoms with van der Waals surface area (Å²) in [4.78, 5) is 2.49. The van der Waals surface area contributed by atoms with Gasteiger partial charge in [0.15, 0.2) is 0 Å². The van der Waals surface area contributed by atoms with Gasteiger partial charge in [0.1, 0.15) is 0 Å². The molecule has 2 N–H and O–H groups in total.